The van der Waals surface area contributed by atoms with E-state index >= 15 is 0 Å². The van der Waals surface area contributed by atoms with Gasteiger partial charge in [-0.05, 0) is 36.8 Å². The molecule has 132 valence electrons. The number of nitrogens with one attached hydrogen (secondary N) is 2. The van der Waals surface area contributed by atoms with E-state index < -0.39 is 0 Å². The Morgan fingerprint density at radius 1 is 1.29 bits per heavy atom. The van der Waals surface area contributed by atoms with Crippen LogP contribution in [-0.4, -0.2) is 22.1 Å². The van der Waals surface area contributed by atoms with Crippen LogP contribution in [0.2, 0.25) is 0 Å². The van der Waals surface area contributed by atoms with E-state index in [1.54, 1.807) is 11.8 Å². The van der Waals surface area contributed by atoms with Crippen molar-refractivity contribution in [3.05, 3.63) is 42.5 Å². The highest BCUT2D eigenvalue weighted by atomic mass is 32.2. The highest BCUT2D eigenvalue weighted by Crippen LogP contribution is 2.22. The fraction of sp³-hybridized carbons (Fsp3) is 0.500. The van der Waals surface area contributed by atoms with Gasteiger partial charge in [-0.25, -0.2) is 10.5 Å². The summed E-state index contributed by atoms with van der Waals surface area (Å²) in [6, 6.07) is 10.1. The van der Waals surface area contributed by atoms with Gasteiger partial charge in [0.2, 0.25) is 5.17 Å². The molecule has 0 unspecified atom stereocenters. The molecule has 1 heterocycles. The molecule has 1 aliphatic rings. The number of para-hydroxylation sites is 1. The van der Waals surface area contributed by atoms with Crippen molar-refractivity contribution in [1.29, 1.82) is 0 Å². The molecule has 2 rings (SSSR count). The molecule has 5 nitrogen and oxygen atoms in total. The Hall–Kier alpha value is -1.50. The predicted octanol–water partition coefficient (Wildman–Crippen LogP) is 3.51. The Balaban J connectivity index is 1.77. The van der Waals surface area contributed by atoms with Crippen LogP contribution < -0.4 is 16.1 Å². The number of hydrazone groups is 1. The molecule has 0 aromatic heterocycles. The monoisotopic (exact) mass is 348 g/mol. The molecule has 1 aliphatic heterocycles. The molecule has 0 bridgehead atoms. The molecule has 3 atom stereocenters. The minimum Gasteiger partial charge on any atom is -0.393 e. The Kier molecular flexibility index (Phi) is 7.62. The highest BCUT2D eigenvalue weighted by molar-refractivity contribution is 8.14. The molecule has 6 heteroatoms. The summed E-state index contributed by atoms with van der Waals surface area (Å²) in [6.45, 7) is 6.31. The summed E-state index contributed by atoms with van der Waals surface area (Å²) in [5, 5.41) is 17.0. The minimum absolute atomic E-state index is 0.219. The number of amidine groups is 1. The van der Waals surface area contributed by atoms with E-state index in [9.17, 15) is 5.11 Å². The molecule has 1 aromatic rings. The third-order valence-corrected chi connectivity index (χ3v) is 5.29. The summed E-state index contributed by atoms with van der Waals surface area (Å²) < 4.78 is 0. The smallest absolute Gasteiger partial charge is 0.205 e. The first kappa shape index (κ1) is 18.8. The molecular formula is C18H28N4OS. The van der Waals surface area contributed by atoms with Gasteiger partial charge in [0.25, 0.3) is 0 Å². The van der Waals surface area contributed by atoms with Gasteiger partial charge in [0, 0.05) is 5.75 Å². The summed E-state index contributed by atoms with van der Waals surface area (Å²) in [5.41, 5.74) is 6.92. The summed E-state index contributed by atoms with van der Waals surface area (Å²) in [6.07, 6.45) is 5.88. The highest BCUT2D eigenvalue weighted by Gasteiger charge is 2.19. The number of thioether (sulfide) groups is 1. The number of hydrazine groups is 2. The molecule has 0 saturated carbocycles. The zero-order chi connectivity index (χ0) is 17.4. The van der Waals surface area contributed by atoms with Crippen LogP contribution in [0.4, 0.5) is 5.69 Å². The molecule has 24 heavy (non-hydrogen) atoms. The molecule has 0 fully saturated rings. The molecular weight excluding hydrogens is 320 g/mol. The van der Waals surface area contributed by atoms with E-state index in [1.807, 2.05) is 42.3 Å². The molecule has 0 aliphatic carbocycles. The van der Waals surface area contributed by atoms with Crippen molar-refractivity contribution in [2.24, 2.45) is 16.9 Å². The molecule has 0 spiro atoms. The van der Waals surface area contributed by atoms with Gasteiger partial charge in [-0.3, -0.25) is 0 Å². The Morgan fingerprint density at radius 3 is 2.75 bits per heavy atom. The van der Waals surface area contributed by atoms with Crippen LogP contribution in [0.15, 0.2) is 47.6 Å². The number of aliphatic hydroxyl groups excluding tert-OH is 1. The van der Waals surface area contributed by atoms with Gasteiger partial charge in [0.05, 0.1) is 11.8 Å². The third kappa shape index (κ3) is 5.54. The lowest BCUT2D eigenvalue weighted by molar-refractivity contribution is 0.133. The van der Waals surface area contributed by atoms with Crippen LogP contribution in [0, 0.1) is 11.8 Å². The maximum atomic E-state index is 9.79. The number of nitrogens with zero attached hydrogens (tertiary/aromatic N) is 2. The maximum absolute atomic E-state index is 9.79. The first-order valence-electron chi connectivity index (χ1n) is 8.52. The Bertz CT molecular complexity index is 549. The van der Waals surface area contributed by atoms with Gasteiger partial charge < -0.3 is 5.11 Å². The van der Waals surface area contributed by atoms with Gasteiger partial charge >= 0.3 is 0 Å². The van der Waals surface area contributed by atoms with Crippen LogP contribution >= 0.6 is 11.8 Å². The van der Waals surface area contributed by atoms with Crippen molar-refractivity contribution in [2.45, 2.75) is 39.7 Å². The van der Waals surface area contributed by atoms with Crippen LogP contribution in [0.3, 0.4) is 0 Å². The summed E-state index contributed by atoms with van der Waals surface area (Å²) in [5.74, 6) is 1.75. The zero-order valence-corrected chi connectivity index (χ0v) is 15.5. The van der Waals surface area contributed by atoms with Crippen molar-refractivity contribution in [1.82, 2.24) is 11.1 Å². The SMILES string of the molecule is CC[C@H](O)[C@@H](C)/C=C/C[C@H](C)CSC1=NNNN1c1ccccc1. The van der Waals surface area contributed by atoms with Gasteiger partial charge in [-0.1, -0.05) is 62.9 Å². The van der Waals surface area contributed by atoms with Crippen LogP contribution in [0.1, 0.15) is 33.6 Å². The minimum atomic E-state index is -0.240. The lowest BCUT2D eigenvalue weighted by atomic mass is 10.0. The van der Waals surface area contributed by atoms with Gasteiger partial charge in [0.1, 0.15) is 0 Å². The van der Waals surface area contributed by atoms with E-state index in [4.69, 9.17) is 0 Å². The van der Waals surface area contributed by atoms with E-state index in [0.717, 1.165) is 29.4 Å². The summed E-state index contributed by atoms with van der Waals surface area (Å²) in [7, 11) is 0. The van der Waals surface area contributed by atoms with E-state index in [-0.39, 0.29) is 12.0 Å². The number of hydrogen-bond donors (Lipinski definition) is 3. The van der Waals surface area contributed by atoms with Gasteiger partial charge in [0.15, 0.2) is 0 Å². The standard InChI is InChI=1S/C18H28N4OS/c1-4-17(23)15(3)10-8-9-14(2)13-24-18-19-20-21-22(18)16-11-6-5-7-12-16/h5-8,10-12,14-15,17,20-21,23H,4,9,13H2,1-3H3/b10-8+/t14-,15-,17-/m0/s1. The van der Waals surface area contributed by atoms with Crippen molar-refractivity contribution < 1.29 is 5.11 Å². The van der Waals surface area contributed by atoms with E-state index in [0.29, 0.717) is 5.92 Å². The number of rotatable bonds is 8. The number of benzene rings is 1. The van der Waals surface area contributed by atoms with Crippen LogP contribution in [0.25, 0.3) is 0 Å². The van der Waals surface area contributed by atoms with Crippen LogP contribution in [0.5, 0.6) is 0 Å². The third-order valence-electron chi connectivity index (χ3n) is 4.02. The fourth-order valence-corrected chi connectivity index (χ4v) is 3.34. The average Bonchev–Trinajstić information content (AvgIpc) is 3.08. The number of hydrogen-bond acceptors (Lipinski definition) is 6. The fourth-order valence-electron chi connectivity index (χ4n) is 2.38. The first-order chi connectivity index (χ1) is 11.6. The molecule has 3 N–H and O–H groups in total. The van der Waals surface area contributed by atoms with Crippen molar-refractivity contribution in [3.63, 3.8) is 0 Å². The topological polar surface area (TPSA) is 59.9 Å². The number of aliphatic hydroxyl groups is 1. The molecule has 1 aromatic carbocycles. The lowest BCUT2D eigenvalue weighted by Gasteiger charge is -2.19. The molecule has 0 radical (unpaired) electrons. The second-order valence-corrected chi connectivity index (χ2v) is 7.19. The van der Waals surface area contributed by atoms with Gasteiger partial charge in [-0.2, -0.15) is 0 Å². The summed E-state index contributed by atoms with van der Waals surface area (Å²) >= 11 is 1.73. The quantitative estimate of drug-likeness (QED) is 0.628. The lowest BCUT2D eigenvalue weighted by Crippen LogP contribution is -2.40. The predicted molar refractivity (Wildman–Crippen MR) is 103 cm³/mol. The second kappa shape index (κ2) is 9.71. The maximum Gasteiger partial charge on any atom is 0.205 e. The summed E-state index contributed by atoms with van der Waals surface area (Å²) in [4.78, 5) is 0. The first-order valence-corrected chi connectivity index (χ1v) is 9.51. The number of allylic oxidation sites excluding steroid dienone is 1. The van der Waals surface area contributed by atoms with Gasteiger partial charge in [-0.15, -0.1) is 10.6 Å². The number of anilines is 1. The van der Waals surface area contributed by atoms with Crippen LogP contribution in [-0.2, 0) is 0 Å². The second-order valence-electron chi connectivity index (χ2n) is 6.20. The van der Waals surface area contributed by atoms with E-state index in [2.05, 4.69) is 42.2 Å². The normalized spacial score (nSPS) is 18.3. The van der Waals surface area contributed by atoms with E-state index in [1.165, 1.54) is 0 Å². The molecule has 0 amide bonds. The molecule has 0 saturated heterocycles. The zero-order valence-electron chi connectivity index (χ0n) is 14.6. The average molecular weight is 349 g/mol. The van der Waals surface area contributed by atoms with Crippen molar-refractivity contribution in [2.75, 3.05) is 10.8 Å². The van der Waals surface area contributed by atoms with Crippen molar-refractivity contribution >= 4 is 22.6 Å². The van der Waals surface area contributed by atoms with Crippen molar-refractivity contribution in [3.8, 4) is 0 Å². The Labute approximate surface area is 149 Å². The Morgan fingerprint density at radius 2 is 2.04 bits per heavy atom. The largest absolute Gasteiger partial charge is 0.393 e.